The van der Waals surface area contributed by atoms with Crippen LogP contribution in [-0.4, -0.2) is 60.8 Å². The molecule has 0 atom stereocenters. The zero-order valence-electron chi connectivity index (χ0n) is 19.9. The van der Waals surface area contributed by atoms with Crippen LogP contribution in [0.1, 0.15) is 19.3 Å². The summed E-state index contributed by atoms with van der Waals surface area (Å²) < 4.78 is 25.6. The molecule has 2 aromatic carbocycles. The largest absolute Gasteiger partial charge is 0.493 e. The number of halogens is 1. The molecule has 9 nitrogen and oxygen atoms in total. The number of carbonyl (C=O) groups excluding carboxylic acids is 1. The summed E-state index contributed by atoms with van der Waals surface area (Å²) in [6, 6.07) is 9.75. The van der Waals surface area contributed by atoms with E-state index in [2.05, 4.69) is 4.98 Å². The molecule has 1 amide bonds. The lowest BCUT2D eigenvalue weighted by atomic mass is 10.2. The molecular weight excluding hydrogens is 455 g/mol. The van der Waals surface area contributed by atoms with Crippen LogP contribution in [0.4, 0.5) is 10.1 Å². The average molecular weight is 485 g/mol. The Labute approximate surface area is 201 Å². The lowest BCUT2D eigenvalue weighted by Gasteiger charge is -2.36. The van der Waals surface area contributed by atoms with Crippen molar-refractivity contribution < 1.29 is 18.7 Å². The number of methoxy groups -OCH3 is 2. The first-order valence-electron chi connectivity index (χ1n) is 11.6. The molecule has 1 aliphatic heterocycles. The third-order valence-corrected chi connectivity index (χ3v) is 6.33. The van der Waals surface area contributed by atoms with Crippen LogP contribution < -0.4 is 25.6 Å². The second-order valence-corrected chi connectivity index (χ2v) is 8.42. The molecule has 4 rings (SSSR count). The quantitative estimate of drug-likeness (QED) is 0.493. The smallest absolute Gasteiger partial charge is 0.328 e. The van der Waals surface area contributed by atoms with Gasteiger partial charge in [-0.2, -0.15) is 0 Å². The van der Waals surface area contributed by atoms with Crippen LogP contribution in [-0.2, 0) is 11.3 Å². The van der Waals surface area contributed by atoms with E-state index in [-0.39, 0.29) is 18.3 Å². The minimum absolute atomic E-state index is 0.0229. The number of nitrogens with one attached hydrogen (secondary N) is 1. The number of carbonyl (C=O) groups is 1. The van der Waals surface area contributed by atoms with Crippen molar-refractivity contribution in [3.05, 3.63) is 63.1 Å². The van der Waals surface area contributed by atoms with Crippen LogP contribution in [0, 0.1) is 5.82 Å². The molecule has 0 bridgehead atoms. The van der Waals surface area contributed by atoms with Crippen LogP contribution in [0.2, 0.25) is 0 Å². The number of anilines is 1. The van der Waals surface area contributed by atoms with Crippen molar-refractivity contribution in [3.63, 3.8) is 0 Å². The van der Waals surface area contributed by atoms with E-state index in [0.717, 1.165) is 4.57 Å². The highest BCUT2D eigenvalue weighted by Crippen LogP contribution is 2.29. The molecule has 0 spiro atoms. The summed E-state index contributed by atoms with van der Waals surface area (Å²) in [5.41, 5.74) is 0.00549. The van der Waals surface area contributed by atoms with Crippen molar-refractivity contribution in [2.45, 2.75) is 25.8 Å². The molecule has 0 aliphatic carbocycles. The number of aromatic amines is 1. The Morgan fingerprint density at radius 2 is 1.69 bits per heavy atom. The molecule has 0 unspecified atom stereocenters. The standard InChI is InChI=1S/C25H29FN4O5/c1-34-21-15-17-19(16-22(21)35-2)27-25(33)30(24(17)32)10-6-5-9-23(31)29-13-11-28(12-14-29)20-8-4-3-7-18(20)26/h3-4,7-8,15-16H,5-6,9-14H2,1-2H3,(H,27,33). The van der Waals surface area contributed by atoms with Gasteiger partial charge in [-0.1, -0.05) is 12.1 Å². The van der Waals surface area contributed by atoms with E-state index in [9.17, 15) is 18.8 Å². The number of rotatable bonds is 8. The number of para-hydroxylation sites is 1. The molecule has 186 valence electrons. The van der Waals surface area contributed by atoms with Gasteiger partial charge in [0.15, 0.2) is 11.5 Å². The van der Waals surface area contributed by atoms with Gasteiger partial charge in [0.25, 0.3) is 5.56 Å². The first kappa shape index (κ1) is 24.3. The fourth-order valence-corrected chi connectivity index (χ4v) is 4.39. The van der Waals surface area contributed by atoms with E-state index in [0.29, 0.717) is 73.5 Å². The third-order valence-electron chi connectivity index (χ3n) is 6.33. The molecule has 1 saturated heterocycles. The number of hydrogen-bond acceptors (Lipinski definition) is 6. The summed E-state index contributed by atoms with van der Waals surface area (Å²) in [6.07, 6.45) is 1.37. The van der Waals surface area contributed by atoms with Crippen molar-refractivity contribution >= 4 is 22.5 Å². The molecule has 1 aromatic heterocycles. The molecule has 1 fully saturated rings. The second-order valence-electron chi connectivity index (χ2n) is 8.42. The number of benzene rings is 2. The van der Waals surface area contributed by atoms with Crippen molar-refractivity contribution in [2.75, 3.05) is 45.3 Å². The fourth-order valence-electron chi connectivity index (χ4n) is 4.39. The van der Waals surface area contributed by atoms with Gasteiger partial charge in [-0.05, 0) is 31.0 Å². The van der Waals surface area contributed by atoms with Crippen LogP contribution in [0.15, 0.2) is 46.0 Å². The number of amides is 1. The minimum atomic E-state index is -0.509. The third kappa shape index (κ3) is 5.16. The van der Waals surface area contributed by atoms with Crippen molar-refractivity contribution in [1.82, 2.24) is 14.5 Å². The molecule has 1 N–H and O–H groups in total. The molecule has 1 aliphatic rings. The normalized spacial score (nSPS) is 13.8. The van der Waals surface area contributed by atoms with E-state index in [1.807, 2.05) is 4.90 Å². The zero-order valence-corrected chi connectivity index (χ0v) is 19.9. The maximum atomic E-state index is 14.0. The van der Waals surface area contributed by atoms with Crippen molar-refractivity contribution in [2.24, 2.45) is 0 Å². The maximum Gasteiger partial charge on any atom is 0.328 e. The van der Waals surface area contributed by atoms with E-state index in [4.69, 9.17) is 9.47 Å². The van der Waals surface area contributed by atoms with E-state index in [1.165, 1.54) is 20.3 Å². The number of hydrogen-bond donors (Lipinski definition) is 1. The number of fused-ring (bicyclic) bond motifs is 1. The van der Waals surface area contributed by atoms with Gasteiger partial charge >= 0.3 is 5.69 Å². The summed E-state index contributed by atoms with van der Waals surface area (Å²) in [6.45, 7) is 2.41. The van der Waals surface area contributed by atoms with Gasteiger partial charge in [0, 0.05) is 45.2 Å². The predicted molar refractivity (Wildman–Crippen MR) is 131 cm³/mol. The molecule has 0 saturated carbocycles. The topological polar surface area (TPSA) is 96.9 Å². The number of H-pyrrole nitrogens is 1. The van der Waals surface area contributed by atoms with Crippen molar-refractivity contribution in [3.8, 4) is 11.5 Å². The van der Waals surface area contributed by atoms with Crippen LogP contribution in [0.5, 0.6) is 11.5 Å². The lowest BCUT2D eigenvalue weighted by molar-refractivity contribution is -0.131. The van der Waals surface area contributed by atoms with E-state index < -0.39 is 11.2 Å². The SMILES string of the molecule is COc1cc2[nH]c(=O)n(CCCCC(=O)N3CCN(c4ccccc4F)CC3)c(=O)c2cc1OC. The van der Waals surface area contributed by atoms with E-state index in [1.54, 1.807) is 35.2 Å². The Balaban J connectivity index is 1.32. The summed E-state index contributed by atoms with van der Waals surface area (Å²) in [7, 11) is 2.96. The highest BCUT2D eigenvalue weighted by molar-refractivity contribution is 5.81. The first-order chi connectivity index (χ1) is 16.9. The van der Waals surface area contributed by atoms with Gasteiger partial charge in [-0.25, -0.2) is 9.18 Å². The Morgan fingerprint density at radius 3 is 2.37 bits per heavy atom. The summed E-state index contributed by atoms with van der Waals surface area (Å²) in [5, 5.41) is 0.325. The van der Waals surface area contributed by atoms with Gasteiger partial charge in [0.1, 0.15) is 5.82 Å². The van der Waals surface area contributed by atoms with Crippen LogP contribution in [0.25, 0.3) is 10.9 Å². The maximum absolute atomic E-state index is 14.0. The number of nitrogens with zero attached hydrogens (tertiary/aromatic N) is 3. The van der Waals surface area contributed by atoms with Gasteiger partial charge in [0.05, 0.1) is 30.8 Å². The number of unbranched alkanes of at least 4 members (excludes halogenated alkanes) is 1. The number of ether oxygens (including phenoxy) is 2. The van der Waals surface area contributed by atoms with E-state index >= 15 is 0 Å². The van der Waals surface area contributed by atoms with Gasteiger partial charge in [-0.3, -0.25) is 14.2 Å². The summed E-state index contributed by atoms with van der Waals surface area (Å²) in [4.78, 5) is 44.5. The van der Waals surface area contributed by atoms with Gasteiger partial charge in [-0.15, -0.1) is 0 Å². The van der Waals surface area contributed by atoms with Gasteiger partial charge < -0.3 is 24.3 Å². The number of aromatic nitrogens is 2. The average Bonchev–Trinajstić information content (AvgIpc) is 2.87. The highest BCUT2D eigenvalue weighted by atomic mass is 19.1. The van der Waals surface area contributed by atoms with Crippen LogP contribution >= 0.6 is 0 Å². The molecule has 3 aromatic rings. The molecule has 0 radical (unpaired) electrons. The highest BCUT2D eigenvalue weighted by Gasteiger charge is 2.22. The number of piperazine rings is 1. The monoisotopic (exact) mass is 484 g/mol. The Morgan fingerprint density at radius 1 is 1.00 bits per heavy atom. The summed E-state index contributed by atoms with van der Waals surface area (Å²) in [5.74, 6) is 0.580. The fraction of sp³-hybridized carbons (Fsp3) is 0.400. The Bertz CT molecular complexity index is 1330. The molecular formula is C25H29FN4O5. The predicted octanol–water partition coefficient (Wildman–Crippen LogP) is 2.37. The van der Waals surface area contributed by atoms with Crippen LogP contribution in [0.3, 0.4) is 0 Å². The Hall–Kier alpha value is -3.82. The second kappa shape index (κ2) is 10.6. The zero-order chi connectivity index (χ0) is 24.9. The summed E-state index contributed by atoms with van der Waals surface area (Å²) >= 11 is 0. The molecule has 10 heteroatoms. The Kier molecular flexibility index (Phi) is 7.38. The van der Waals surface area contributed by atoms with Crippen molar-refractivity contribution in [1.29, 1.82) is 0 Å². The lowest BCUT2D eigenvalue weighted by Crippen LogP contribution is -2.49. The first-order valence-corrected chi connectivity index (χ1v) is 11.6. The molecule has 2 heterocycles. The van der Waals surface area contributed by atoms with Gasteiger partial charge in [0.2, 0.25) is 5.91 Å². The minimum Gasteiger partial charge on any atom is -0.493 e. The molecule has 35 heavy (non-hydrogen) atoms.